The lowest BCUT2D eigenvalue weighted by Gasteiger charge is -2.42. The second kappa shape index (κ2) is 8.74. The molecule has 0 radical (unpaired) electrons. The summed E-state index contributed by atoms with van der Waals surface area (Å²) in [6.07, 6.45) is -1.24. The molecule has 1 saturated heterocycles. The summed E-state index contributed by atoms with van der Waals surface area (Å²) in [4.78, 5) is 15.8. The quantitative estimate of drug-likeness (QED) is 0.664. The molecule has 3 N–H and O–H groups in total. The smallest absolute Gasteiger partial charge is 0.351 e. The molecule has 1 aliphatic rings. The molecule has 2 heterocycles. The van der Waals surface area contributed by atoms with Gasteiger partial charge in [0.15, 0.2) is 14.5 Å². The molecule has 0 amide bonds. The molecule has 0 saturated carbocycles. The van der Waals surface area contributed by atoms with E-state index in [0.717, 1.165) is 0 Å². The normalized spacial score (nSPS) is 25.6. The minimum atomic E-state index is -2.15. The van der Waals surface area contributed by atoms with Crippen molar-refractivity contribution in [3.63, 3.8) is 0 Å². The Bertz CT molecular complexity index is 752. The first-order chi connectivity index (χ1) is 13.1. The Labute approximate surface area is 167 Å². The second-order valence-corrected chi connectivity index (χ2v) is 13.8. The van der Waals surface area contributed by atoms with Crippen LogP contribution in [-0.2, 0) is 9.16 Å². The standard InChI is InChI=1S/C19H32N4O4Si/c1-11(2)28(12(3)4,13(5)6)26-10-15-17(24)14(9-20)18(27-15)23-8-7-16(21)22-19(23)25/h7-8,11-15,17-18,24H,10H2,1-6H3,(H2,21,22,25)/t14-,15+,17-,18+/m0/s1. The molecule has 8 nitrogen and oxygen atoms in total. The third-order valence-electron chi connectivity index (χ3n) is 5.85. The summed E-state index contributed by atoms with van der Waals surface area (Å²) in [7, 11) is -2.15. The highest BCUT2D eigenvalue weighted by atomic mass is 28.4. The zero-order valence-electron chi connectivity index (χ0n) is 17.5. The van der Waals surface area contributed by atoms with Crippen LogP contribution in [0.15, 0.2) is 17.1 Å². The number of rotatable bonds is 7. The third-order valence-corrected chi connectivity index (χ3v) is 11.9. The van der Waals surface area contributed by atoms with Gasteiger partial charge in [-0.1, -0.05) is 41.5 Å². The summed E-state index contributed by atoms with van der Waals surface area (Å²) in [6.45, 7) is 13.3. The fraction of sp³-hybridized carbons (Fsp3) is 0.737. The number of hydrogen-bond donors (Lipinski definition) is 2. The number of aromatic nitrogens is 2. The van der Waals surface area contributed by atoms with Crippen LogP contribution in [0.4, 0.5) is 5.82 Å². The molecule has 156 valence electrons. The predicted octanol–water partition coefficient (Wildman–Crippen LogP) is 2.42. The molecular weight excluding hydrogens is 376 g/mol. The monoisotopic (exact) mass is 408 g/mol. The molecule has 1 fully saturated rings. The number of aliphatic hydroxyl groups is 1. The van der Waals surface area contributed by atoms with E-state index in [-0.39, 0.29) is 12.4 Å². The fourth-order valence-corrected chi connectivity index (χ4v) is 10.1. The van der Waals surface area contributed by atoms with Crippen LogP contribution >= 0.6 is 0 Å². The van der Waals surface area contributed by atoms with Gasteiger partial charge in [0, 0.05) is 6.20 Å². The van der Waals surface area contributed by atoms with Gasteiger partial charge in [-0.05, 0) is 22.7 Å². The van der Waals surface area contributed by atoms with E-state index in [1.165, 1.54) is 16.8 Å². The van der Waals surface area contributed by atoms with E-state index in [1.54, 1.807) is 0 Å². The van der Waals surface area contributed by atoms with Crippen molar-refractivity contribution >= 4 is 14.1 Å². The van der Waals surface area contributed by atoms with Gasteiger partial charge in [0.25, 0.3) is 0 Å². The minimum Gasteiger partial charge on any atom is -0.413 e. The number of nitrogens with zero attached hydrogens (tertiary/aromatic N) is 3. The lowest BCUT2D eigenvalue weighted by Crippen LogP contribution is -2.50. The Hall–Kier alpha value is -1.73. The van der Waals surface area contributed by atoms with Gasteiger partial charge in [-0.15, -0.1) is 0 Å². The average Bonchev–Trinajstić information content (AvgIpc) is 2.90. The topological polar surface area (TPSA) is 123 Å². The summed E-state index contributed by atoms with van der Waals surface area (Å²) in [5.74, 6) is -0.806. The average molecular weight is 409 g/mol. The Morgan fingerprint density at radius 2 is 1.89 bits per heavy atom. The zero-order chi connectivity index (χ0) is 21.2. The maximum absolute atomic E-state index is 12.2. The number of hydrogen-bond acceptors (Lipinski definition) is 7. The van der Waals surface area contributed by atoms with Gasteiger partial charge in [-0.3, -0.25) is 4.57 Å². The molecule has 28 heavy (non-hydrogen) atoms. The first-order valence-electron chi connectivity index (χ1n) is 9.78. The van der Waals surface area contributed by atoms with E-state index in [1.807, 2.05) is 0 Å². The minimum absolute atomic E-state index is 0.0924. The van der Waals surface area contributed by atoms with Gasteiger partial charge < -0.3 is 20.0 Å². The molecule has 2 rings (SSSR count). The Balaban J connectivity index is 2.26. The summed E-state index contributed by atoms with van der Waals surface area (Å²) in [6, 6.07) is 3.52. The molecule has 0 unspecified atom stereocenters. The Morgan fingerprint density at radius 1 is 1.32 bits per heavy atom. The van der Waals surface area contributed by atoms with Crippen LogP contribution < -0.4 is 11.4 Å². The highest BCUT2D eigenvalue weighted by molar-refractivity contribution is 6.77. The first kappa shape index (κ1) is 22.6. The predicted molar refractivity (Wildman–Crippen MR) is 109 cm³/mol. The largest absolute Gasteiger partial charge is 0.413 e. The van der Waals surface area contributed by atoms with Crippen LogP contribution in [0, 0.1) is 17.2 Å². The number of nitriles is 1. The van der Waals surface area contributed by atoms with Crippen molar-refractivity contribution in [1.29, 1.82) is 5.26 Å². The molecular formula is C19H32N4O4Si. The zero-order valence-corrected chi connectivity index (χ0v) is 18.5. The lowest BCUT2D eigenvalue weighted by molar-refractivity contribution is -0.0449. The van der Waals surface area contributed by atoms with Crippen LogP contribution in [0.2, 0.25) is 16.6 Å². The van der Waals surface area contributed by atoms with Crippen LogP contribution in [0.25, 0.3) is 0 Å². The van der Waals surface area contributed by atoms with Gasteiger partial charge in [0.05, 0.1) is 12.7 Å². The SMILES string of the molecule is CC(C)[Si](OC[C@H]1O[C@@H](n2ccc(N)nc2=O)[C@@H](C#N)[C@@H]1O)(C(C)C)C(C)C. The van der Waals surface area contributed by atoms with Crippen molar-refractivity contribution in [2.75, 3.05) is 12.3 Å². The summed E-state index contributed by atoms with van der Waals surface area (Å²) in [5.41, 5.74) is 6.08. The Morgan fingerprint density at radius 3 is 2.36 bits per heavy atom. The van der Waals surface area contributed by atoms with Crippen molar-refractivity contribution in [3.05, 3.63) is 22.7 Å². The van der Waals surface area contributed by atoms with Crippen molar-refractivity contribution in [2.24, 2.45) is 5.92 Å². The number of nitrogens with two attached hydrogens (primary N) is 1. The number of anilines is 1. The second-order valence-electron chi connectivity index (χ2n) is 8.38. The number of ether oxygens (including phenoxy) is 1. The fourth-order valence-electron chi connectivity index (χ4n) is 4.61. The van der Waals surface area contributed by atoms with Gasteiger partial charge in [0.1, 0.15) is 23.9 Å². The highest BCUT2D eigenvalue weighted by Gasteiger charge is 2.49. The number of aliphatic hydroxyl groups excluding tert-OH is 1. The van der Waals surface area contributed by atoms with Gasteiger partial charge in [-0.25, -0.2) is 4.79 Å². The van der Waals surface area contributed by atoms with Crippen LogP contribution in [0.3, 0.4) is 0 Å². The van der Waals surface area contributed by atoms with Crippen molar-refractivity contribution in [2.45, 2.75) is 76.6 Å². The molecule has 4 atom stereocenters. The number of nitrogen functional groups attached to an aromatic ring is 1. The van der Waals surface area contributed by atoms with E-state index in [4.69, 9.17) is 14.9 Å². The van der Waals surface area contributed by atoms with Crippen molar-refractivity contribution in [1.82, 2.24) is 9.55 Å². The van der Waals surface area contributed by atoms with Gasteiger partial charge in [0.2, 0.25) is 0 Å². The first-order valence-corrected chi connectivity index (χ1v) is 11.9. The van der Waals surface area contributed by atoms with E-state index >= 15 is 0 Å². The maximum atomic E-state index is 12.2. The maximum Gasteiger partial charge on any atom is 0.351 e. The molecule has 0 aliphatic carbocycles. The molecule has 9 heteroatoms. The van der Waals surface area contributed by atoms with E-state index in [2.05, 4.69) is 52.6 Å². The molecule has 1 aromatic rings. The van der Waals surface area contributed by atoms with Crippen molar-refractivity contribution in [3.8, 4) is 6.07 Å². The van der Waals surface area contributed by atoms with Crippen molar-refractivity contribution < 1.29 is 14.3 Å². The summed E-state index contributed by atoms with van der Waals surface area (Å²) >= 11 is 0. The van der Waals surface area contributed by atoms with E-state index in [0.29, 0.717) is 16.6 Å². The summed E-state index contributed by atoms with van der Waals surface area (Å²) < 4.78 is 13.6. The van der Waals surface area contributed by atoms with Crippen LogP contribution in [0.1, 0.15) is 47.8 Å². The lowest BCUT2D eigenvalue weighted by atomic mass is 10.0. The molecule has 0 spiro atoms. The summed E-state index contributed by atoms with van der Waals surface area (Å²) in [5, 5.41) is 20.2. The highest BCUT2D eigenvalue weighted by Crippen LogP contribution is 2.43. The van der Waals surface area contributed by atoms with Crippen LogP contribution in [-0.4, -0.2) is 41.8 Å². The molecule has 1 aromatic heterocycles. The molecule has 0 aromatic carbocycles. The van der Waals surface area contributed by atoms with E-state index < -0.39 is 38.4 Å². The molecule has 0 bridgehead atoms. The van der Waals surface area contributed by atoms with Crippen LogP contribution in [0.5, 0.6) is 0 Å². The Kier molecular flexibility index (Phi) is 7.04. The van der Waals surface area contributed by atoms with E-state index in [9.17, 15) is 15.2 Å². The van der Waals surface area contributed by atoms with Gasteiger partial charge in [-0.2, -0.15) is 10.2 Å². The third kappa shape index (κ3) is 4.01. The molecule has 1 aliphatic heterocycles. The van der Waals surface area contributed by atoms with Gasteiger partial charge >= 0.3 is 5.69 Å².